The molecule has 0 aliphatic heterocycles. The maximum Gasteiger partial charge on any atom is 4.00 e. The van der Waals surface area contributed by atoms with Gasteiger partial charge in [-0.05, 0) is 27.7 Å². The molecule has 0 unspecified atom stereocenters. The van der Waals surface area contributed by atoms with E-state index in [-0.39, 0.29) is 21.7 Å². The van der Waals surface area contributed by atoms with Gasteiger partial charge in [0.05, 0.1) is 50.3 Å². The number of allylic oxidation sites excluding steroid dienone is 4. The fraction of sp³-hybridized carbons (Fsp3) is 0.364. The number of carbonyl (C=O) groups is 4. The van der Waals surface area contributed by atoms with Gasteiger partial charge in [0.25, 0.3) is 0 Å². The van der Waals surface area contributed by atoms with Crippen molar-refractivity contribution in [1.82, 2.24) is 0 Å². The van der Waals surface area contributed by atoms with Crippen LogP contribution in [0.15, 0.2) is 63.8 Å². The van der Waals surface area contributed by atoms with Crippen LogP contribution in [0.1, 0.15) is 27.7 Å². The Morgan fingerprint density at radius 3 is 0.543 bits per heavy atom. The van der Waals surface area contributed by atoms with E-state index in [0.717, 1.165) is 0 Å². The van der Waals surface area contributed by atoms with Gasteiger partial charge in [-0.1, -0.05) is 24.3 Å². The molecule has 0 rings (SSSR count). The topological polar surface area (TPSA) is 241 Å². The normalized spacial score (nSPS) is 5.83. The van der Waals surface area contributed by atoms with E-state index in [9.17, 15) is 0 Å². The molecule has 0 aliphatic carbocycles. The quantitative estimate of drug-likeness (QED) is 0.199. The Bertz CT molecular complexity index is 374. The van der Waals surface area contributed by atoms with Crippen molar-refractivity contribution in [1.29, 1.82) is 0 Å². The molecular weight excluding hydrogens is 504 g/mol. The van der Waals surface area contributed by atoms with Crippen LogP contribution in [0.2, 0.25) is 0 Å². The molecule has 0 radical (unpaired) electrons. The fourth-order valence-electron chi connectivity index (χ4n) is 0. The molecule has 0 amide bonds. The van der Waals surface area contributed by atoms with Crippen molar-refractivity contribution in [3.8, 4) is 0 Å². The van der Waals surface area contributed by atoms with Gasteiger partial charge in [-0.15, -0.1) is 39.5 Å². The van der Waals surface area contributed by atoms with E-state index in [4.69, 9.17) is 60.0 Å². The van der Waals surface area contributed by atoms with Crippen LogP contribution in [0.5, 0.6) is 0 Å². The average molecular weight is 544 g/mol. The zero-order valence-corrected chi connectivity index (χ0v) is 22.5. The van der Waals surface area contributed by atoms with E-state index in [1.54, 1.807) is 24.3 Å². The van der Waals surface area contributed by atoms with Crippen LogP contribution in [0, 0.1) is 0 Å². The van der Waals surface area contributed by atoms with Gasteiger partial charge in [0.1, 0.15) is 0 Å². The van der Waals surface area contributed by atoms with E-state index in [0.29, 0.717) is 0 Å². The summed E-state index contributed by atoms with van der Waals surface area (Å²) in [4.78, 5) is 36.0. The summed E-state index contributed by atoms with van der Waals surface area (Å²) in [6, 6.07) is 0. The fourth-order valence-corrected chi connectivity index (χ4v) is 0. The molecule has 35 heavy (non-hydrogen) atoms. The van der Waals surface area contributed by atoms with Gasteiger partial charge in [-0.3, -0.25) is 0 Å². The average Bonchev–Trinajstić information content (AvgIpc) is 2.78. The number of aliphatic carboxylic acids is 4. The summed E-state index contributed by atoms with van der Waals surface area (Å²) in [7, 11) is 0. The Balaban J connectivity index is -0.0000000254. The van der Waals surface area contributed by atoms with Gasteiger partial charge in [0, 0.05) is 0 Å². The van der Waals surface area contributed by atoms with Gasteiger partial charge < -0.3 is 60.0 Å². The maximum absolute atomic E-state index is 9.01. The molecule has 0 fully saturated rings. The maximum atomic E-state index is 9.01. The molecule has 0 bridgehead atoms. The van der Waals surface area contributed by atoms with Crippen molar-refractivity contribution in [2.45, 2.75) is 27.7 Å². The standard InChI is InChI=1S/4C3H6.4C2H4O3.C2H4.Ti/c4*1-3-2;4*3-1-2(4)5;1-2;/h4*3H,1H2,2H3;4*3H,1H2,(H,4,5);1-2H2;/q;;;;;;;;;+4/p-4. The van der Waals surface area contributed by atoms with Gasteiger partial charge in [-0.2, -0.15) is 0 Å². The first-order valence-corrected chi connectivity index (χ1v) is 8.75. The molecule has 12 nitrogen and oxygen atoms in total. The Kier molecular flexibility index (Phi) is 175. The SMILES string of the molecule is C=C.C=CC.C=CC.C=CC.C=CC.O=C([O-])CO.O=C([O-])CO.O=C([O-])CO.O=C([O-])CO.[Ti+4]. The predicted octanol–water partition coefficient (Wildman–Crippen LogP) is -3.52. The molecule has 0 aliphatic rings. The predicted molar refractivity (Wildman–Crippen MR) is 123 cm³/mol. The van der Waals surface area contributed by atoms with Gasteiger partial charge in [0.15, 0.2) is 0 Å². The van der Waals surface area contributed by atoms with Gasteiger partial charge >= 0.3 is 21.7 Å². The Labute approximate surface area is 223 Å². The van der Waals surface area contributed by atoms with Gasteiger partial charge in [0.2, 0.25) is 0 Å². The van der Waals surface area contributed by atoms with Crippen molar-refractivity contribution in [3.05, 3.63) is 63.8 Å². The molecule has 0 spiro atoms. The molecule has 0 heterocycles. The molecule has 0 atom stereocenters. The number of carboxylic acid groups (broad SMARTS) is 4. The van der Waals surface area contributed by atoms with E-state index >= 15 is 0 Å². The van der Waals surface area contributed by atoms with E-state index in [1.807, 2.05) is 27.7 Å². The number of carboxylic acids is 4. The zero-order valence-electron chi connectivity index (χ0n) is 20.9. The summed E-state index contributed by atoms with van der Waals surface area (Å²) in [5.41, 5.74) is 0. The van der Waals surface area contributed by atoms with Crippen LogP contribution in [0.25, 0.3) is 0 Å². The number of aliphatic hydroxyl groups excluding tert-OH is 4. The van der Waals surface area contributed by atoms with Crippen LogP contribution in [0.4, 0.5) is 0 Å². The minimum absolute atomic E-state index is 0. The number of rotatable bonds is 4. The molecule has 0 aromatic rings. The minimum Gasteiger partial charge on any atom is -0.548 e. The molecule has 204 valence electrons. The van der Waals surface area contributed by atoms with Crippen LogP contribution >= 0.6 is 0 Å². The smallest absolute Gasteiger partial charge is 0.548 e. The summed E-state index contributed by atoms with van der Waals surface area (Å²) < 4.78 is 0. The van der Waals surface area contributed by atoms with Crippen molar-refractivity contribution < 1.29 is 81.7 Å². The second-order valence-electron chi connectivity index (χ2n) is 3.75. The van der Waals surface area contributed by atoms with Crippen LogP contribution in [0.3, 0.4) is 0 Å². The van der Waals surface area contributed by atoms with Crippen molar-refractivity contribution in [3.63, 3.8) is 0 Å². The largest absolute Gasteiger partial charge is 4.00 e. The van der Waals surface area contributed by atoms with Crippen molar-refractivity contribution in [2.24, 2.45) is 0 Å². The number of hydrogen-bond donors (Lipinski definition) is 4. The molecule has 0 aromatic carbocycles. The number of aliphatic hydroxyl groups is 4. The van der Waals surface area contributed by atoms with Crippen molar-refractivity contribution >= 4 is 23.9 Å². The first-order chi connectivity index (χ1) is 15.7. The molecule has 0 aromatic heterocycles. The summed E-state index contributed by atoms with van der Waals surface area (Å²) in [5, 5.41) is 66.0. The second-order valence-corrected chi connectivity index (χ2v) is 3.75. The Morgan fingerprint density at radius 1 is 0.514 bits per heavy atom. The molecular formula is C22H40O12Ti. The molecule has 4 N–H and O–H groups in total. The van der Waals surface area contributed by atoms with Crippen molar-refractivity contribution in [2.75, 3.05) is 26.4 Å². The summed E-state index contributed by atoms with van der Waals surface area (Å²) >= 11 is 0. The molecule has 0 saturated heterocycles. The first-order valence-electron chi connectivity index (χ1n) is 8.75. The molecule has 13 heteroatoms. The summed E-state index contributed by atoms with van der Waals surface area (Å²) in [5.74, 6) is -5.76. The first kappa shape index (κ1) is 63.6. The monoisotopic (exact) mass is 544 g/mol. The van der Waals surface area contributed by atoms with E-state index in [2.05, 4.69) is 39.5 Å². The van der Waals surface area contributed by atoms with Gasteiger partial charge in [-0.25, -0.2) is 0 Å². The van der Waals surface area contributed by atoms with E-state index < -0.39 is 50.3 Å². The zero-order chi connectivity index (χ0) is 30.0. The van der Waals surface area contributed by atoms with Crippen LogP contribution in [-0.2, 0) is 40.9 Å². The minimum atomic E-state index is -1.44. The van der Waals surface area contributed by atoms with Crippen LogP contribution < -0.4 is 20.4 Å². The molecule has 0 saturated carbocycles. The Morgan fingerprint density at radius 2 is 0.543 bits per heavy atom. The third-order valence-corrected chi connectivity index (χ3v) is 0.516. The van der Waals surface area contributed by atoms with Crippen LogP contribution in [-0.4, -0.2) is 70.7 Å². The third kappa shape index (κ3) is 1000. The number of hydrogen-bond acceptors (Lipinski definition) is 12. The summed E-state index contributed by atoms with van der Waals surface area (Å²) in [6.07, 6.45) is 7.00. The number of carbonyl (C=O) groups excluding carboxylic acids is 4. The third-order valence-electron chi connectivity index (χ3n) is 0.516. The Hall–Kier alpha value is -2.87. The van der Waals surface area contributed by atoms with E-state index in [1.165, 1.54) is 0 Å². The summed E-state index contributed by atoms with van der Waals surface area (Å²) in [6.45, 7) is 23.4. The second kappa shape index (κ2) is 96.3.